The largest absolute Gasteiger partial charge is 0.351 e. The van der Waals surface area contributed by atoms with Crippen LogP contribution in [-0.2, 0) is 14.3 Å². The Bertz CT molecular complexity index is 194. The van der Waals surface area contributed by atoms with E-state index in [2.05, 4.69) is 0 Å². The van der Waals surface area contributed by atoms with E-state index >= 15 is 0 Å². The number of hydrogen-bond donors (Lipinski definition) is 0. The highest BCUT2D eigenvalue weighted by atomic mass is 35.5. The zero-order valence-corrected chi connectivity index (χ0v) is 11.8. The Kier molecular flexibility index (Phi) is 10.6. The number of likely N-dealkylation sites (N-methyl/N-ethyl adjacent to an activating group) is 1. The minimum atomic E-state index is -0.334. The summed E-state index contributed by atoms with van der Waals surface area (Å²) in [5.41, 5.74) is 0. The van der Waals surface area contributed by atoms with Crippen molar-refractivity contribution in [2.24, 2.45) is 0 Å². The van der Waals surface area contributed by atoms with Crippen LogP contribution in [0.4, 0.5) is 0 Å². The molecular formula is C12H24ClNO3. The van der Waals surface area contributed by atoms with Crippen LogP contribution in [0, 0.1) is 0 Å². The molecule has 0 aromatic carbocycles. The van der Waals surface area contributed by atoms with Gasteiger partial charge < -0.3 is 14.4 Å². The molecule has 17 heavy (non-hydrogen) atoms. The second-order valence-electron chi connectivity index (χ2n) is 3.88. The molecule has 0 N–H and O–H groups in total. The van der Waals surface area contributed by atoms with Gasteiger partial charge in [0.15, 0.2) is 6.29 Å². The summed E-state index contributed by atoms with van der Waals surface area (Å²) in [5.74, 6) is 0.365. The summed E-state index contributed by atoms with van der Waals surface area (Å²) in [6, 6.07) is 0. The smallest absolute Gasteiger partial charge is 0.223 e. The quantitative estimate of drug-likeness (QED) is 0.449. The standard InChI is InChI=1S/C12H24ClNO3/c1-4-8-16-12(17-9-5-2)10-14(3)11(15)6-7-13/h12H,4-10H2,1-3H3. The molecule has 0 aliphatic carbocycles. The molecule has 0 fully saturated rings. The van der Waals surface area contributed by atoms with E-state index in [4.69, 9.17) is 21.1 Å². The van der Waals surface area contributed by atoms with E-state index < -0.39 is 0 Å². The molecule has 0 aromatic rings. The zero-order chi connectivity index (χ0) is 13.1. The summed E-state index contributed by atoms with van der Waals surface area (Å²) in [4.78, 5) is 13.2. The summed E-state index contributed by atoms with van der Waals surface area (Å²) in [6.45, 7) is 5.83. The Balaban J connectivity index is 4.05. The Hall–Kier alpha value is -0.320. The van der Waals surface area contributed by atoms with Crippen LogP contribution in [0.2, 0.25) is 0 Å². The van der Waals surface area contributed by atoms with Crippen molar-refractivity contribution >= 4 is 17.5 Å². The number of halogens is 1. The normalized spacial score (nSPS) is 10.9. The minimum absolute atomic E-state index is 0.0187. The van der Waals surface area contributed by atoms with Crippen LogP contribution in [0.1, 0.15) is 33.1 Å². The molecular weight excluding hydrogens is 242 g/mol. The van der Waals surface area contributed by atoms with Gasteiger partial charge in [0.1, 0.15) is 0 Å². The number of carbonyl (C=O) groups excluding carboxylic acids is 1. The fourth-order valence-electron chi connectivity index (χ4n) is 1.25. The lowest BCUT2D eigenvalue weighted by Crippen LogP contribution is -2.37. The highest BCUT2D eigenvalue weighted by molar-refractivity contribution is 6.18. The first-order valence-corrected chi connectivity index (χ1v) is 6.72. The fourth-order valence-corrected chi connectivity index (χ4v) is 1.41. The third-order valence-electron chi connectivity index (χ3n) is 2.17. The van der Waals surface area contributed by atoms with Crippen molar-refractivity contribution in [2.75, 3.05) is 32.7 Å². The number of hydrogen-bond acceptors (Lipinski definition) is 3. The SMILES string of the molecule is CCCOC(CN(C)C(=O)CCCl)OCCC. The lowest BCUT2D eigenvalue weighted by atomic mass is 10.4. The van der Waals surface area contributed by atoms with Crippen LogP contribution in [0.3, 0.4) is 0 Å². The summed E-state index contributed by atoms with van der Waals surface area (Å²) in [6.07, 6.45) is 1.89. The summed E-state index contributed by atoms with van der Waals surface area (Å²) in [7, 11) is 1.74. The van der Waals surface area contributed by atoms with Gasteiger partial charge >= 0.3 is 0 Å². The third kappa shape index (κ3) is 8.41. The maximum absolute atomic E-state index is 11.6. The van der Waals surface area contributed by atoms with Gasteiger partial charge in [0.2, 0.25) is 5.91 Å². The number of rotatable bonds is 10. The molecule has 0 bridgehead atoms. The molecule has 5 heteroatoms. The maximum Gasteiger partial charge on any atom is 0.223 e. The van der Waals surface area contributed by atoms with Crippen molar-refractivity contribution < 1.29 is 14.3 Å². The average molecular weight is 266 g/mol. The highest BCUT2D eigenvalue weighted by Gasteiger charge is 2.15. The molecule has 1 amide bonds. The fraction of sp³-hybridized carbons (Fsp3) is 0.917. The average Bonchev–Trinajstić information content (AvgIpc) is 2.32. The number of ether oxygens (including phenoxy) is 2. The molecule has 0 aromatic heterocycles. The van der Waals surface area contributed by atoms with E-state index in [1.807, 2.05) is 13.8 Å². The highest BCUT2D eigenvalue weighted by Crippen LogP contribution is 2.02. The van der Waals surface area contributed by atoms with E-state index in [0.29, 0.717) is 32.1 Å². The molecule has 0 saturated carbocycles. The molecule has 0 spiro atoms. The van der Waals surface area contributed by atoms with E-state index in [1.165, 1.54) is 0 Å². The van der Waals surface area contributed by atoms with Crippen molar-refractivity contribution in [1.82, 2.24) is 4.90 Å². The number of nitrogens with zero attached hydrogens (tertiary/aromatic N) is 1. The third-order valence-corrected chi connectivity index (χ3v) is 2.36. The predicted molar refractivity (Wildman–Crippen MR) is 69.2 cm³/mol. The summed E-state index contributed by atoms with van der Waals surface area (Å²) >= 11 is 5.53. The molecule has 0 saturated heterocycles. The molecule has 4 nitrogen and oxygen atoms in total. The molecule has 0 radical (unpaired) electrons. The van der Waals surface area contributed by atoms with Crippen LogP contribution in [0.25, 0.3) is 0 Å². The monoisotopic (exact) mass is 265 g/mol. The van der Waals surface area contributed by atoms with E-state index in [0.717, 1.165) is 12.8 Å². The molecule has 102 valence electrons. The van der Waals surface area contributed by atoms with Crippen LogP contribution >= 0.6 is 11.6 Å². The zero-order valence-electron chi connectivity index (χ0n) is 11.1. The van der Waals surface area contributed by atoms with Crippen molar-refractivity contribution in [3.8, 4) is 0 Å². The van der Waals surface area contributed by atoms with Gasteiger partial charge in [-0.2, -0.15) is 0 Å². The van der Waals surface area contributed by atoms with Crippen LogP contribution in [0.5, 0.6) is 0 Å². The second-order valence-corrected chi connectivity index (χ2v) is 4.26. The van der Waals surface area contributed by atoms with Crippen molar-refractivity contribution in [1.29, 1.82) is 0 Å². The maximum atomic E-state index is 11.6. The van der Waals surface area contributed by atoms with Gasteiger partial charge in [-0.05, 0) is 12.8 Å². The first kappa shape index (κ1) is 16.7. The van der Waals surface area contributed by atoms with Crippen molar-refractivity contribution in [2.45, 2.75) is 39.4 Å². The molecule has 0 heterocycles. The minimum Gasteiger partial charge on any atom is -0.351 e. The lowest BCUT2D eigenvalue weighted by molar-refractivity contribution is -0.160. The summed E-state index contributed by atoms with van der Waals surface area (Å²) in [5, 5.41) is 0. The number of carbonyl (C=O) groups is 1. The Labute approximate surface area is 109 Å². The van der Waals surface area contributed by atoms with Gasteiger partial charge in [0.25, 0.3) is 0 Å². The van der Waals surface area contributed by atoms with Gasteiger partial charge in [-0.3, -0.25) is 4.79 Å². The molecule has 0 rings (SSSR count). The molecule has 0 unspecified atom stereocenters. The van der Waals surface area contributed by atoms with E-state index in [9.17, 15) is 4.79 Å². The van der Waals surface area contributed by atoms with Crippen LogP contribution in [0.15, 0.2) is 0 Å². The first-order valence-electron chi connectivity index (χ1n) is 6.18. The molecule has 0 aliphatic rings. The lowest BCUT2D eigenvalue weighted by Gasteiger charge is -2.24. The topological polar surface area (TPSA) is 38.8 Å². The van der Waals surface area contributed by atoms with Crippen LogP contribution in [-0.4, -0.2) is 49.8 Å². The predicted octanol–water partition coefficient (Wildman–Crippen LogP) is 2.25. The Morgan fingerprint density at radius 1 is 1.24 bits per heavy atom. The number of alkyl halides is 1. The second kappa shape index (κ2) is 10.8. The summed E-state index contributed by atoms with van der Waals surface area (Å²) < 4.78 is 11.1. The van der Waals surface area contributed by atoms with E-state index in [-0.39, 0.29) is 12.2 Å². The Morgan fingerprint density at radius 3 is 2.18 bits per heavy atom. The first-order chi connectivity index (χ1) is 8.15. The van der Waals surface area contributed by atoms with Crippen molar-refractivity contribution in [3.05, 3.63) is 0 Å². The van der Waals surface area contributed by atoms with Gasteiger partial charge in [0.05, 0.1) is 6.54 Å². The van der Waals surface area contributed by atoms with Gasteiger partial charge in [-0.1, -0.05) is 13.8 Å². The molecule has 0 atom stereocenters. The van der Waals surface area contributed by atoms with Crippen LogP contribution < -0.4 is 0 Å². The van der Waals surface area contributed by atoms with Gasteiger partial charge in [-0.15, -0.1) is 11.6 Å². The number of amides is 1. The Morgan fingerprint density at radius 2 is 1.76 bits per heavy atom. The van der Waals surface area contributed by atoms with Crippen molar-refractivity contribution in [3.63, 3.8) is 0 Å². The van der Waals surface area contributed by atoms with Gasteiger partial charge in [-0.25, -0.2) is 0 Å². The van der Waals surface area contributed by atoms with Gasteiger partial charge in [0, 0.05) is 32.6 Å². The molecule has 0 aliphatic heterocycles. The van der Waals surface area contributed by atoms with E-state index in [1.54, 1.807) is 11.9 Å².